The van der Waals surface area contributed by atoms with Crippen LogP contribution in [0.1, 0.15) is 35.5 Å². The van der Waals surface area contributed by atoms with E-state index in [1.165, 1.54) is 0 Å². The normalized spacial score (nSPS) is 11.8. The Morgan fingerprint density at radius 3 is 2.33 bits per heavy atom. The third kappa shape index (κ3) is 3.79. The number of carboxylic acids is 1. The number of rotatable bonds is 7. The van der Waals surface area contributed by atoms with E-state index in [4.69, 9.17) is 0 Å². The van der Waals surface area contributed by atoms with Gasteiger partial charge < -0.3 is 10.4 Å². The number of alkyl halides is 4. The first-order chi connectivity index (χ1) is 9.74. The summed E-state index contributed by atoms with van der Waals surface area (Å²) in [6.45, 7) is 2.00. The van der Waals surface area contributed by atoms with Crippen molar-refractivity contribution in [1.82, 2.24) is 10.2 Å². The predicted molar refractivity (Wildman–Crippen MR) is 67.2 cm³/mol. The highest BCUT2D eigenvalue weighted by molar-refractivity contribution is 5.95. The van der Waals surface area contributed by atoms with Crippen molar-refractivity contribution in [2.24, 2.45) is 0 Å². The molecule has 21 heavy (non-hydrogen) atoms. The average Bonchev–Trinajstić information content (AvgIpc) is 2.43. The Balaban J connectivity index is 3.16. The van der Waals surface area contributed by atoms with Gasteiger partial charge in [-0.1, -0.05) is 13.8 Å². The molecule has 9 heteroatoms. The van der Waals surface area contributed by atoms with E-state index in [-0.39, 0.29) is 5.56 Å². The second kappa shape index (κ2) is 6.68. The lowest BCUT2D eigenvalue weighted by Crippen LogP contribution is -2.35. The summed E-state index contributed by atoms with van der Waals surface area (Å²) in [7, 11) is 0. The van der Waals surface area contributed by atoms with E-state index in [1.807, 2.05) is 5.32 Å². The zero-order valence-electron chi connectivity index (χ0n) is 11.5. The van der Waals surface area contributed by atoms with Gasteiger partial charge >= 0.3 is 18.3 Å². The average molecular weight is 309 g/mol. The minimum Gasteiger partial charge on any atom is -0.478 e. The molecular formula is C12H15F4N3O2. The van der Waals surface area contributed by atoms with Crippen molar-refractivity contribution in [2.75, 3.05) is 11.9 Å². The van der Waals surface area contributed by atoms with E-state index in [2.05, 4.69) is 10.2 Å². The highest BCUT2D eigenvalue weighted by atomic mass is 19.3. The van der Waals surface area contributed by atoms with Crippen molar-refractivity contribution in [3.05, 3.63) is 16.8 Å². The molecule has 1 rings (SSSR count). The number of aromatic nitrogens is 2. The van der Waals surface area contributed by atoms with E-state index in [0.29, 0.717) is 24.1 Å². The van der Waals surface area contributed by atoms with Gasteiger partial charge in [0.2, 0.25) is 0 Å². The molecule has 0 aliphatic rings. The van der Waals surface area contributed by atoms with Gasteiger partial charge in [-0.25, -0.2) is 13.6 Å². The van der Waals surface area contributed by atoms with Gasteiger partial charge in [0.05, 0.1) is 12.2 Å². The summed E-state index contributed by atoms with van der Waals surface area (Å²) in [6, 6.07) is 0. The molecule has 0 atom stereocenters. The van der Waals surface area contributed by atoms with Crippen LogP contribution in [0, 0.1) is 0 Å². The van der Waals surface area contributed by atoms with Crippen molar-refractivity contribution in [3.8, 4) is 0 Å². The van der Waals surface area contributed by atoms with Crippen LogP contribution in [0.2, 0.25) is 0 Å². The maximum absolute atomic E-state index is 12.9. The summed E-state index contributed by atoms with van der Waals surface area (Å²) < 4.78 is 50.0. The lowest BCUT2D eigenvalue weighted by Gasteiger charge is -2.18. The molecule has 5 nitrogen and oxygen atoms in total. The van der Waals surface area contributed by atoms with E-state index >= 15 is 0 Å². The molecule has 1 aromatic heterocycles. The number of carbonyl (C=O) groups is 1. The molecule has 0 unspecified atom stereocenters. The number of aromatic carboxylic acids is 1. The molecule has 0 amide bonds. The number of nitrogens with zero attached hydrogens (tertiary/aromatic N) is 2. The lowest BCUT2D eigenvalue weighted by molar-refractivity contribution is -0.117. The van der Waals surface area contributed by atoms with Crippen LogP contribution in [0.25, 0.3) is 0 Å². The number of halogens is 4. The van der Waals surface area contributed by atoms with Crippen LogP contribution in [0.15, 0.2) is 0 Å². The standard InChI is InChI=1S/C12H15F4N3O2/c1-3-6-7(4-2)18-19-9(8(6)10(20)21)17-5-12(15,16)11(13)14/h11H,3-5H2,1-2H3,(H,17,19)(H,20,21). The van der Waals surface area contributed by atoms with E-state index in [9.17, 15) is 27.5 Å². The zero-order valence-corrected chi connectivity index (χ0v) is 11.5. The number of carboxylic acid groups (broad SMARTS) is 1. The Kier molecular flexibility index (Phi) is 5.45. The van der Waals surface area contributed by atoms with Crippen LogP contribution < -0.4 is 5.32 Å². The number of nitrogens with one attached hydrogen (secondary N) is 1. The topological polar surface area (TPSA) is 75.1 Å². The Hall–Kier alpha value is -1.93. The zero-order chi connectivity index (χ0) is 16.2. The molecule has 0 aliphatic carbocycles. The fraction of sp³-hybridized carbons (Fsp3) is 0.583. The Morgan fingerprint density at radius 1 is 1.29 bits per heavy atom. The van der Waals surface area contributed by atoms with Crippen LogP contribution in [-0.4, -0.2) is 40.2 Å². The van der Waals surface area contributed by atoms with Crippen LogP contribution in [0.4, 0.5) is 23.4 Å². The van der Waals surface area contributed by atoms with Gasteiger partial charge in [-0.15, -0.1) is 5.10 Å². The van der Waals surface area contributed by atoms with Crippen molar-refractivity contribution in [3.63, 3.8) is 0 Å². The van der Waals surface area contributed by atoms with Crippen LogP contribution >= 0.6 is 0 Å². The molecule has 0 saturated carbocycles. The summed E-state index contributed by atoms with van der Waals surface area (Å²) in [6.07, 6.45) is -3.13. The summed E-state index contributed by atoms with van der Waals surface area (Å²) in [4.78, 5) is 11.3. The van der Waals surface area contributed by atoms with Gasteiger partial charge in [-0.05, 0) is 18.4 Å². The fourth-order valence-electron chi connectivity index (χ4n) is 1.81. The minimum absolute atomic E-state index is 0.306. The molecule has 0 spiro atoms. The van der Waals surface area contributed by atoms with E-state index < -0.39 is 30.7 Å². The van der Waals surface area contributed by atoms with Crippen LogP contribution in [-0.2, 0) is 12.8 Å². The molecule has 0 saturated heterocycles. The third-order valence-corrected chi connectivity index (χ3v) is 2.87. The maximum atomic E-state index is 12.9. The summed E-state index contributed by atoms with van der Waals surface area (Å²) in [5, 5.41) is 18.4. The minimum atomic E-state index is -4.28. The predicted octanol–water partition coefficient (Wildman–Crippen LogP) is 2.61. The molecule has 0 bridgehead atoms. The molecule has 2 N–H and O–H groups in total. The fourth-order valence-corrected chi connectivity index (χ4v) is 1.81. The first-order valence-corrected chi connectivity index (χ1v) is 6.26. The van der Waals surface area contributed by atoms with Gasteiger partial charge in [0.25, 0.3) is 0 Å². The molecular weight excluding hydrogens is 294 g/mol. The molecule has 0 aromatic carbocycles. The Bertz CT molecular complexity index is 523. The van der Waals surface area contributed by atoms with Gasteiger partial charge in [-0.3, -0.25) is 0 Å². The number of aryl methyl sites for hydroxylation is 1. The van der Waals surface area contributed by atoms with Crippen LogP contribution in [0.5, 0.6) is 0 Å². The summed E-state index contributed by atoms with van der Waals surface area (Å²) in [5.74, 6) is -6.09. The molecule has 0 fully saturated rings. The highest BCUT2D eigenvalue weighted by Crippen LogP contribution is 2.25. The first kappa shape index (κ1) is 17.1. The molecule has 0 aliphatic heterocycles. The van der Waals surface area contributed by atoms with E-state index in [1.54, 1.807) is 13.8 Å². The Labute approximate surface area is 118 Å². The largest absolute Gasteiger partial charge is 0.478 e. The lowest BCUT2D eigenvalue weighted by atomic mass is 10.0. The van der Waals surface area contributed by atoms with Gasteiger partial charge in [0.1, 0.15) is 5.56 Å². The number of hydrogen-bond donors (Lipinski definition) is 2. The quantitative estimate of drug-likeness (QED) is 0.757. The SMILES string of the molecule is CCc1nnc(NCC(F)(F)C(F)F)c(C(=O)O)c1CC. The second-order valence-electron chi connectivity index (χ2n) is 4.28. The van der Waals surface area contributed by atoms with E-state index in [0.717, 1.165) is 0 Å². The maximum Gasteiger partial charge on any atom is 0.339 e. The summed E-state index contributed by atoms with van der Waals surface area (Å²) in [5.41, 5.74) is 0.471. The molecule has 0 radical (unpaired) electrons. The van der Waals surface area contributed by atoms with Crippen molar-refractivity contribution in [2.45, 2.75) is 39.0 Å². The molecule has 1 aromatic rings. The molecule has 1 heterocycles. The second-order valence-corrected chi connectivity index (χ2v) is 4.28. The van der Waals surface area contributed by atoms with Gasteiger partial charge in [0, 0.05) is 0 Å². The first-order valence-electron chi connectivity index (χ1n) is 6.26. The summed E-state index contributed by atoms with van der Waals surface area (Å²) >= 11 is 0. The van der Waals surface area contributed by atoms with Crippen molar-refractivity contribution < 1.29 is 27.5 Å². The van der Waals surface area contributed by atoms with Crippen LogP contribution in [0.3, 0.4) is 0 Å². The number of anilines is 1. The Morgan fingerprint density at radius 2 is 1.90 bits per heavy atom. The van der Waals surface area contributed by atoms with Gasteiger partial charge in [0.15, 0.2) is 5.82 Å². The van der Waals surface area contributed by atoms with Crippen molar-refractivity contribution in [1.29, 1.82) is 0 Å². The van der Waals surface area contributed by atoms with Gasteiger partial charge in [-0.2, -0.15) is 13.9 Å². The third-order valence-electron chi connectivity index (χ3n) is 2.87. The monoisotopic (exact) mass is 309 g/mol. The highest BCUT2D eigenvalue weighted by Gasteiger charge is 2.40. The smallest absolute Gasteiger partial charge is 0.339 e. The molecule has 118 valence electrons. The number of hydrogen-bond acceptors (Lipinski definition) is 4. The van der Waals surface area contributed by atoms with Crippen molar-refractivity contribution >= 4 is 11.8 Å².